The van der Waals surface area contributed by atoms with Gasteiger partial charge in [0, 0.05) is 4.47 Å². The number of benzene rings is 2. The molecule has 2 aromatic carbocycles. The van der Waals surface area contributed by atoms with E-state index in [-0.39, 0.29) is 34.1 Å². The topological polar surface area (TPSA) is 127 Å². The molecule has 1 aromatic heterocycles. The molecular weight excluding hydrogens is 446 g/mol. The van der Waals surface area contributed by atoms with Crippen molar-refractivity contribution in [3.05, 3.63) is 74.4 Å². The number of nitrogens with zero attached hydrogens (tertiary/aromatic N) is 2. The lowest BCUT2D eigenvalue weighted by atomic mass is 10.1. The van der Waals surface area contributed by atoms with Crippen molar-refractivity contribution < 1.29 is 24.0 Å². The summed E-state index contributed by atoms with van der Waals surface area (Å²) in [6.07, 6.45) is 1.24. The van der Waals surface area contributed by atoms with Gasteiger partial charge < -0.3 is 14.3 Å². The van der Waals surface area contributed by atoms with Crippen LogP contribution in [-0.2, 0) is 0 Å². The van der Waals surface area contributed by atoms with Gasteiger partial charge in [0.25, 0.3) is 11.6 Å². The Labute approximate surface area is 172 Å². The average molecular weight is 460 g/mol. The Hall–Kier alpha value is -3.66. The molecule has 0 atom stereocenters. The maximum Gasteiger partial charge on any atom is 0.284 e. The molecule has 0 saturated heterocycles. The molecular formula is C19H14BrN3O6. The van der Waals surface area contributed by atoms with Crippen molar-refractivity contribution >= 4 is 33.7 Å². The second-order valence-electron chi connectivity index (χ2n) is 5.70. The van der Waals surface area contributed by atoms with Gasteiger partial charge in [0.05, 0.1) is 35.4 Å². The average Bonchev–Trinajstić information content (AvgIpc) is 3.17. The molecule has 0 bridgehead atoms. The molecule has 0 aliphatic rings. The molecule has 0 saturated carbocycles. The van der Waals surface area contributed by atoms with Crippen LogP contribution in [0.4, 0.5) is 5.69 Å². The highest BCUT2D eigenvalue weighted by Crippen LogP contribution is 2.33. The van der Waals surface area contributed by atoms with Gasteiger partial charge in [-0.25, -0.2) is 5.43 Å². The molecule has 0 aliphatic heterocycles. The number of phenols is 1. The molecule has 0 spiro atoms. The zero-order chi connectivity index (χ0) is 21.0. The van der Waals surface area contributed by atoms with Crippen LogP contribution in [0.25, 0.3) is 11.3 Å². The summed E-state index contributed by atoms with van der Waals surface area (Å²) in [5, 5.41) is 24.8. The van der Waals surface area contributed by atoms with Gasteiger partial charge in [-0.3, -0.25) is 14.9 Å². The fraction of sp³-hybridized carbons (Fsp3) is 0.0526. The number of phenolic OH excluding ortho intramolecular Hbond substituents is 1. The van der Waals surface area contributed by atoms with Crippen LogP contribution in [0.15, 0.2) is 62.5 Å². The number of ether oxygens (including phenoxy) is 1. The van der Waals surface area contributed by atoms with E-state index in [1.165, 1.54) is 37.6 Å². The third-order valence-electron chi connectivity index (χ3n) is 3.85. The summed E-state index contributed by atoms with van der Waals surface area (Å²) in [5.74, 6) is 0.0820. The molecule has 0 unspecified atom stereocenters. The number of nitro benzene ring substituents is 1. The van der Waals surface area contributed by atoms with E-state index in [9.17, 15) is 20.0 Å². The minimum atomic E-state index is -0.613. The van der Waals surface area contributed by atoms with E-state index in [1.54, 1.807) is 24.3 Å². The fourth-order valence-electron chi connectivity index (χ4n) is 2.47. The third-order valence-corrected chi connectivity index (χ3v) is 4.35. The number of nitrogens with one attached hydrogen (secondary N) is 1. The van der Waals surface area contributed by atoms with E-state index in [4.69, 9.17) is 9.15 Å². The molecule has 3 rings (SSSR count). The Kier molecular flexibility index (Phi) is 5.93. The van der Waals surface area contributed by atoms with Crippen molar-refractivity contribution in [2.24, 2.45) is 5.10 Å². The normalized spacial score (nSPS) is 10.8. The number of halogens is 1. The van der Waals surface area contributed by atoms with Crippen LogP contribution in [0.5, 0.6) is 11.5 Å². The molecule has 1 heterocycles. The van der Waals surface area contributed by atoms with Crippen LogP contribution in [0, 0.1) is 10.1 Å². The van der Waals surface area contributed by atoms with Crippen molar-refractivity contribution in [1.82, 2.24) is 5.43 Å². The minimum absolute atomic E-state index is 0.0468. The summed E-state index contributed by atoms with van der Waals surface area (Å²) >= 11 is 3.22. The maximum absolute atomic E-state index is 12.1. The summed E-state index contributed by atoms with van der Waals surface area (Å²) in [7, 11) is 1.42. The minimum Gasteiger partial charge on any atom is -0.507 e. The third kappa shape index (κ3) is 4.61. The highest BCUT2D eigenvalue weighted by molar-refractivity contribution is 9.10. The smallest absolute Gasteiger partial charge is 0.284 e. The Morgan fingerprint density at radius 3 is 2.79 bits per heavy atom. The summed E-state index contributed by atoms with van der Waals surface area (Å²) < 4.78 is 11.2. The number of carbonyl (C=O) groups is 1. The van der Waals surface area contributed by atoms with E-state index in [0.29, 0.717) is 10.2 Å². The number of hydrogen-bond acceptors (Lipinski definition) is 7. The molecule has 1 amide bonds. The van der Waals surface area contributed by atoms with Gasteiger partial charge in [-0.1, -0.05) is 15.9 Å². The van der Waals surface area contributed by atoms with Gasteiger partial charge >= 0.3 is 0 Å². The van der Waals surface area contributed by atoms with E-state index in [2.05, 4.69) is 26.5 Å². The number of hydrogen-bond donors (Lipinski definition) is 2. The number of furan rings is 1. The standard InChI is InChI=1S/C19H14BrN3O6/c1-28-12-3-5-14(16(9-12)23(26)27)18-7-4-13(29-18)10-21-22-19(25)15-8-11(20)2-6-17(15)24/h2-10,24H,1H3,(H,22,25)/b21-10+. The zero-order valence-electron chi connectivity index (χ0n) is 15.0. The number of methoxy groups -OCH3 is 1. The van der Waals surface area contributed by atoms with E-state index < -0.39 is 10.8 Å². The first-order valence-electron chi connectivity index (χ1n) is 8.13. The first-order valence-corrected chi connectivity index (χ1v) is 8.93. The molecule has 9 nitrogen and oxygen atoms in total. The Balaban J connectivity index is 1.76. The molecule has 29 heavy (non-hydrogen) atoms. The first kappa shape index (κ1) is 20.1. The van der Waals surface area contributed by atoms with E-state index in [0.717, 1.165) is 0 Å². The van der Waals surface area contributed by atoms with Gasteiger partial charge in [0.2, 0.25) is 0 Å². The lowest BCUT2D eigenvalue weighted by molar-refractivity contribution is -0.384. The molecule has 0 aliphatic carbocycles. The first-order chi connectivity index (χ1) is 13.9. The number of carbonyl (C=O) groups excluding carboxylic acids is 1. The molecule has 148 valence electrons. The predicted octanol–water partition coefficient (Wildman–Crippen LogP) is 4.10. The van der Waals surface area contributed by atoms with Crippen LogP contribution in [0.1, 0.15) is 16.1 Å². The summed E-state index contributed by atoms with van der Waals surface area (Å²) in [6.45, 7) is 0. The van der Waals surface area contributed by atoms with Crippen LogP contribution < -0.4 is 10.2 Å². The number of hydrazone groups is 1. The predicted molar refractivity (Wildman–Crippen MR) is 108 cm³/mol. The number of rotatable bonds is 6. The molecule has 3 aromatic rings. The molecule has 2 N–H and O–H groups in total. The van der Waals surface area contributed by atoms with E-state index in [1.807, 2.05) is 0 Å². The highest BCUT2D eigenvalue weighted by atomic mass is 79.9. The number of amides is 1. The van der Waals surface area contributed by atoms with Gasteiger partial charge in [0.1, 0.15) is 23.0 Å². The summed E-state index contributed by atoms with van der Waals surface area (Å²) in [5.41, 5.74) is 2.43. The molecule has 0 radical (unpaired) electrons. The summed E-state index contributed by atoms with van der Waals surface area (Å²) in [4.78, 5) is 22.9. The zero-order valence-corrected chi connectivity index (χ0v) is 16.5. The molecule has 0 fully saturated rings. The fourth-order valence-corrected chi connectivity index (χ4v) is 2.83. The van der Waals surface area contributed by atoms with Crippen LogP contribution in [0.2, 0.25) is 0 Å². The van der Waals surface area contributed by atoms with Gasteiger partial charge in [-0.2, -0.15) is 5.10 Å². The number of nitro groups is 1. The van der Waals surface area contributed by atoms with Gasteiger partial charge in [-0.05, 0) is 42.5 Å². The van der Waals surface area contributed by atoms with Crippen molar-refractivity contribution in [3.8, 4) is 22.8 Å². The van der Waals surface area contributed by atoms with Crippen molar-refractivity contribution in [1.29, 1.82) is 0 Å². The van der Waals surface area contributed by atoms with Gasteiger partial charge in [-0.15, -0.1) is 0 Å². The second-order valence-corrected chi connectivity index (χ2v) is 6.62. The van der Waals surface area contributed by atoms with Crippen molar-refractivity contribution in [2.45, 2.75) is 0 Å². The Bertz CT molecular complexity index is 1110. The second kappa shape index (κ2) is 8.57. The molecule has 10 heteroatoms. The highest BCUT2D eigenvalue weighted by Gasteiger charge is 2.19. The SMILES string of the molecule is COc1ccc(-c2ccc(/C=N/NC(=O)c3cc(Br)ccc3O)o2)c([N+](=O)[O-])c1. The lowest BCUT2D eigenvalue weighted by Crippen LogP contribution is -2.17. The lowest BCUT2D eigenvalue weighted by Gasteiger charge is -2.03. The Morgan fingerprint density at radius 2 is 2.07 bits per heavy atom. The Morgan fingerprint density at radius 1 is 1.28 bits per heavy atom. The van der Waals surface area contributed by atoms with Crippen molar-refractivity contribution in [3.63, 3.8) is 0 Å². The maximum atomic E-state index is 12.1. The van der Waals surface area contributed by atoms with Crippen molar-refractivity contribution in [2.75, 3.05) is 7.11 Å². The largest absolute Gasteiger partial charge is 0.507 e. The van der Waals surface area contributed by atoms with Crippen LogP contribution in [-0.4, -0.2) is 29.3 Å². The monoisotopic (exact) mass is 459 g/mol. The number of aromatic hydroxyl groups is 1. The van der Waals surface area contributed by atoms with Gasteiger partial charge in [0.15, 0.2) is 0 Å². The van der Waals surface area contributed by atoms with E-state index >= 15 is 0 Å². The quantitative estimate of drug-likeness (QED) is 0.324. The summed E-state index contributed by atoms with van der Waals surface area (Å²) in [6, 6.07) is 11.9. The van der Waals surface area contributed by atoms with Crippen LogP contribution in [0.3, 0.4) is 0 Å². The van der Waals surface area contributed by atoms with Crippen LogP contribution >= 0.6 is 15.9 Å².